The number of hydrogen-bond acceptors (Lipinski definition) is 4. The number of sulfonamides is 1. The topological polar surface area (TPSA) is 104 Å². The van der Waals surface area contributed by atoms with E-state index < -0.39 is 27.4 Å². The number of nitrogens with one attached hydrogen (secondary N) is 1. The molecule has 0 bridgehead atoms. The van der Waals surface area contributed by atoms with E-state index in [1.54, 1.807) is 0 Å². The molecule has 1 fully saturated rings. The molecule has 1 aromatic carbocycles. The molecule has 2 rings (SSSR count). The molecule has 7 nitrogen and oxygen atoms in total. The first-order chi connectivity index (χ1) is 11.1. The lowest BCUT2D eigenvalue weighted by Gasteiger charge is -2.26. The van der Waals surface area contributed by atoms with Gasteiger partial charge in [-0.05, 0) is 51.0 Å². The molecule has 1 aromatic rings. The number of aliphatic carboxylic acids is 1. The van der Waals surface area contributed by atoms with E-state index in [1.165, 1.54) is 42.4 Å². The summed E-state index contributed by atoms with van der Waals surface area (Å²) in [4.78, 5) is 23.3. The zero-order chi connectivity index (χ0) is 18.0. The van der Waals surface area contributed by atoms with E-state index in [-0.39, 0.29) is 10.5 Å². The van der Waals surface area contributed by atoms with Crippen LogP contribution in [0, 0.1) is 0 Å². The van der Waals surface area contributed by atoms with Crippen molar-refractivity contribution < 1.29 is 23.1 Å². The number of nitrogens with zero attached hydrogens (tertiary/aromatic N) is 1. The van der Waals surface area contributed by atoms with E-state index in [4.69, 9.17) is 5.11 Å². The van der Waals surface area contributed by atoms with Gasteiger partial charge in [0.2, 0.25) is 10.0 Å². The molecule has 0 aromatic heterocycles. The second-order valence-corrected chi connectivity index (χ2v) is 8.31. The predicted octanol–water partition coefficient (Wildman–Crippen LogP) is 1.45. The first kappa shape index (κ1) is 18.4. The van der Waals surface area contributed by atoms with Gasteiger partial charge in [-0.2, -0.15) is 4.31 Å². The third kappa shape index (κ3) is 3.93. The van der Waals surface area contributed by atoms with Gasteiger partial charge in [0.15, 0.2) is 0 Å². The lowest BCUT2D eigenvalue weighted by molar-refractivity contribution is -0.143. The van der Waals surface area contributed by atoms with E-state index in [2.05, 4.69) is 5.32 Å². The quantitative estimate of drug-likeness (QED) is 0.833. The molecule has 0 aliphatic carbocycles. The van der Waals surface area contributed by atoms with Crippen molar-refractivity contribution in [1.29, 1.82) is 0 Å². The summed E-state index contributed by atoms with van der Waals surface area (Å²) in [5.74, 6) is -1.72. The minimum atomic E-state index is -3.55. The summed E-state index contributed by atoms with van der Waals surface area (Å²) < 4.78 is 26.5. The van der Waals surface area contributed by atoms with Crippen molar-refractivity contribution in [2.75, 3.05) is 13.1 Å². The first-order valence-corrected chi connectivity index (χ1v) is 9.25. The van der Waals surface area contributed by atoms with E-state index in [1.807, 2.05) is 0 Å². The molecule has 0 spiro atoms. The number of rotatable bonds is 5. The minimum absolute atomic E-state index is 0.137. The summed E-state index contributed by atoms with van der Waals surface area (Å²) in [6.07, 6.45) is 2.73. The Kier molecular flexibility index (Phi) is 5.29. The monoisotopic (exact) mass is 354 g/mol. The van der Waals surface area contributed by atoms with E-state index in [9.17, 15) is 18.0 Å². The molecule has 24 heavy (non-hydrogen) atoms. The van der Waals surface area contributed by atoms with Crippen LogP contribution < -0.4 is 5.32 Å². The van der Waals surface area contributed by atoms with Gasteiger partial charge in [0, 0.05) is 18.7 Å². The first-order valence-electron chi connectivity index (χ1n) is 7.81. The number of carboxylic acids is 1. The standard InChI is InChI=1S/C16H22N2O5S/c1-16(2,15(20)21)17-14(19)12-6-8-13(9-7-12)24(22,23)18-10-4-3-5-11-18/h6-9H,3-5,10-11H2,1-2H3,(H,17,19)(H,20,21). The Morgan fingerprint density at radius 1 is 1.08 bits per heavy atom. The predicted molar refractivity (Wildman–Crippen MR) is 88.2 cm³/mol. The summed E-state index contributed by atoms with van der Waals surface area (Å²) in [6, 6.07) is 5.55. The number of carboxylic acid groups (broad SMARTS) is 1. The molecule has 0 atom stereocenters. The molecule has 2 N–H and O–H groups in total. The van der Waals surface area contributed by atoms with Crippen molar-refractivity contribution in [2.24, 2.45) is 0 Å². The highest BCUT2D eigenvalue weighted by molar-refractivity contribution is 7.89. The zero-order valence-electron chi connectivity index (χ0n) is 13.8. The summed E-state index contributed by atoms with van der Waals surface area (Å²) in [5.41, 5.74) is -1.20. The van der Waals surface area contributed by atoms with E-state index in [0.29, 0.717) is 13.1 Å². The lowest BCUT2D eigenvalue weighted by Crippen LogP contribution is -2.49. The van der Waals surface area contributed by atoms with Gasteiger partial charge in [-0.15, -0.1) is 0 Å². The molecular weight excluding hydrogens is 332 g/mol. The third-order valence-electron chi connectivity index (χ3n) is 4.03. The van der Waals surface area contributed by atoms with Crippen LogP contribution in [-0.4, -0.2) is 48.3 Å². The van der Waals surface area contributed by atoms with Gasteiger partial charge < -0.3 is 10.4 Å². The second-order valence-electron chi connectivity index (χ2n) is 6.37. The van der Waals surface area contributed by atoms with Crippen LogP contribution in [0.4, 0.5) is 0 Å². The Balaban J connectivity index is 2.15. The number of hydrogen-bond donors (Lipinski definition) is 2. The Morgan fingerprint density at radius 3 is 2.12 bits per heavy atom. The number of piperidine rings is 1. The van der Waals surface area contributed by atoms with Crippen LogP contribution in [0.2, 0.25) is 0 Å². The highest BCUT2D eigenvalue weighted by Crippen LogP contribution is 2.21. The maximum absolute atomic E-state index is 12.5. The van der Waals surface area contributed by atoms with Gasteiger partial charge in [0.05, 0.1) is 4.90 Å². The molecular formula is C16H22N2O5S. The van der Waals surface area contributed by atoms with Crippen LogP contribution in [-0.2, 0) is 14.8 Å². The fourth-order valence-corrected chi connectivity index (χ4v) is 3.96. The van der Waals surface area contributed by atoms with Crippen LogP contribution in [0.25, 0.3) is 0 Å². The van der Waals surface area contributed by atoms with Crippen LogP contribution >= 0.6 is 0 Å². The van der Waals surface area contributed by atoms with Crippen molar-refractivity contribution in [3.8, 4) is 0 Å². The lowest BCUT2D eigenvalue weighted by atomic mass is 10.1. The highest BCUT2D eigenvalue weighted by Gasteiger charge is 2.30. The fraction of sp³-hybridized carbons (Fsp3) is 0.500. The molecule has 1 aliphatic rings. The van der Waals surface area contributed by atoms with Crippen molar-refractivity contribution in [2.45, 2.75) is 43.5 Å². The van der Waals surface area contributed by atoms with Crippen molar-refractivity contribution in [3.63, 3.8) is 0 Å². The normalized spacial score (nSPS) is 16.6. The van der Waals surface area contributed by atoms with Gasteiger partial charge in [-0.1, -0.05) is 6.42 Å². The average molecular weight is 354 g/mol. The van der Waals surface area contributed by atoms with Crippen LogP contribution in [0.15, 0.2) is 29.2 Å². The maximum atomic E-state index is 12.5. The molecule has 1 amide bonds. The molecule has 132 valence electrons. The Bertz CT molecular complexity index is 719. The van der Waals surface area contributed by atoms with E-state index >= 15 is 0 Å². The second kappa shape index (κ2) is 6.90. The molecule has 8 heteroatoms. The summed E-state index contributed by atoms with van der Waals surface area (Å²) >= 11 is 0. The van der Waals surface area contributed by atoms with Gasteiger partial charge in [-0.3, -0.25) is 4.79 Å². The van der Waals surface area contributed by atoms with Gasteiger partial charge in [0.25, 0.3) is 5.91 Å². The van der Waals surface area contributed by atoms with E-state index in [0.717, 1.165) is 19.3 Å². The number of amides is 1. The number of benzene rings is 1. The van der Waals surface area contributed by atoms with Gasteiger partial charge in [-0.25, -0.2) is 13.2 Å². The maximum Gasteiger partial charge on any atom is 0.328 e. The van der Waals surface area contributed by atoms with Crippen LogP contribution in [0.3, 0.4) is 0 Å². The number of carbonyl (C=O) groups is 2. The van der Waals surface area contributed by atoms with Crippen molar-refractivity contribution in [1.82, 2.24) is 9.62 Å². The number of carbonyl (C=O) groups excluding carboxylic acids is 1. The van der Waals surface area contributed by atoms with Gasteiger partial charge in [0.1, 0.15) is 5.54 Å². The molecule has 1 saturated heterocycles. The largest absolute Gasteiger partial charge is 0.480 e. The van der Waals surface area contributed by atoms with Crippen LogP contribution in [0.5, 0.6) is 0 Å². The minimum Gasteiger partial charge on any atom is -0.480 e. The summed E-state index contributed by atoms with van der Waals surface area (Å²) in [7, 11) is -3.55. The summed E-state index contributed by atoms with van der Waals surface area (Å²) in [6.45, 7) is 3.78. The zero-order valence-corrected chi connectivity index (χ0v) is 14.6. The molecule has 0 radical (unpaired) electrons. The third-order valence-corrected chi connectivity index (χ3v) is 5.94. The highest BCUT2D eigenvalue weighted by atomic mass is 32.2. The SMILES string of the molecule is CC(C)(NC(=O)c1ccc(S(=O)(=O)N2CCCCC2)cc1)C(=O)O. The van der Waals surface area contributed by atoms with Crippen molar-refractivity contribution >= 4 is 21.9 Å². The molecule has 1 aliphatic heterocycles. The Labute approximate surface area is 141 Å². The smallest absolute Gasteiger partial charge is 0.328 e. The Hall–Kier alpha value is -1.93. The van der Waals surface area contributed by atoms with Crippen molar-refractivity contribution in [3.05, 3.63) is 29.8 Å². The molecule has 0 unspecified atom stereocenters. The molecule has 0 saturated carbocycles. The summed E-state index contributed by atoms with van der Waals surface area (Å²) in [5, 5.41) is 11.4. The average Bonchev–Trinajstić information content (AvgIpc) is 2.55. The Morgan fingerprint density at radius 2 is 1.62 bits per heavy atom. The van der Waals surface area contributed by atoms with Crippen LogP contribution in [0.1, 0.15) is 43.5 Å². The molecule has 1 heterocycles. The van der Waals surface area contributed by atoms with Gasteiger partial charge >= 0.3 is 5.97 Å². The fourth-order valence-electron chi connectivity index (χ4n) is 2.44.